The van der Waals surface area contributed by atoms with Gasteiger partial charge in [-0.05, 0) is 93.4 Å². The fourth-order valence-electron chi connectivity index (χ4n) is 6.46. The lowest BCUT2D eigenvalue weighted by Gasteiger charge is -2.45. The lowest BCUT2D eigenvalue weighted by Crippen LogP contribution is -2.55. The van der Waals surface area contributed by atoms with Crippen LogP contribution < -0.4 is 0 Å². The van der Waals surface area contributed by atoms with Crippen molar-refractivity contribution in [3.05, 3.63) is 69.7 Å². The number of ether oxygens (including phenoxy) is 2. The number of nitrogens with zero attached hydrogens (tertiary/aromatic N) is 3. The molecule has 8 heteroatoms. The average Bonchev–Trinajstić information content (AvgIpc) is 3.24. The van der Waals surface area contributed by atoms with Crippen LogP contribution in [0.5, 0.6) is 0 Å². The van der Waals surface area contributed by atoms with E-state index in [2.05, 4.69) is 43.0 Å². The Morgan fingerprint density at radius 3 is 2.21 bits per heavy atom. The van der Waals surface area contributed by atoms with E-state index < -0.39 is 11.9 Å². The third-order valence-electron chi connectivity index (χ3n) is 8.00. The summed E-state index contributed by atoms with van der Waals surface area (Å²) in [7, 11) is 5.65. The van der Waals surface area contributed by atoms with Gasteiger partial charge in [-0.2, -0.15) is 0 Å². The molecule has 4 rings (SSSR count). The van der Waals surface area contributed by atoms with E-state index in [9.17, 15) is 4.79 Å². The summed E-state index contributed by atoms with van der Waals surface area (Å²) in [5.74, 6) is 0.849. The van der Waals surface area contributed by atoms with Crippen molar-refractivity contribution in [3.63, 3.8) is 0 Å². The summed E-state index contributed by atoms with van der Waals surface area (Å²) in [6.45, 7) is 3.02. The molecular weight excluding hydrogens is 521 g/mol. The molecule has 0 amide bonds. The van der Waals surface area contributed by atoms with Crippen LogP contribution in [0.2, 0.25) is 10.0 Å². The van der Waals surface area contributed by atoms with Crippen molar-refractivity contribution < 1.29 is 14.3 Å². The van der Waals surface area contributed by atoms with E-state index in [0.29, 0.717) is 29.3 Å². The van der Waals surface area contributed by atoms with E-state index in [1.54, 1.807) is 0 Å². The highest BCUT2D eigenvalue weighted by molar-refractivity contribution is 6.30. The number of aliphatic imine (C=N–C) groups is 1. The molecule has 0 saturated heterocycles. The second kappa shape index (κ2) is 12.7. The van der Waals surface area contributed by atoms with Gasteiger partial charge in [-0.1, -0.05) is 54.4 Å². The lowest BCUT2D eigenvalue weighted by atomic mass is 9.71. The van der Waals surface area contributed by atoms with Crippen molar-refractivity contribution in [2.24, 2.45) is 16.8 Å². The van der Waals surface area contributed by atoms with Crippen LogP contribution in [0.1, 0.15) is 56.2 Å². The number of hydrogen-bond donors (Lipinski definition) is 0. The fourth-order valence-corrected chi connectivity index (χ4v) is 6.71. The Bertz CT molecular complexity index is 1080. The molecule has 2 aliphatic rings. The van der Waals surface area contributed by atoms with Crippen molar-refractivity contribution in [3.8, 4) is 0 Å². The molecule has 206 valence electrons. The molecule has 38 heavy (non-hydrogen) atoms. The molecule has 1 saturated carbocycles. The molecule has 0 bridgehead atoms. The molecule has 0 aromatic heterocycles. The molecule has 1 heterocycles. The molecule has 2 aromatic rings. The topological polar surface area (TPSA) is 54.4 Å². The molecule has 0 spiro atoms. The number of methoxy groups -OCH3 is 1. The molecule has 3 atom stereocenters. The Kier molecular flexibility index (Phi) is 9.61. The zero-order valence-electron chi connectivity index (χ0n) is 22.8. The summed E-state index contributed by atoms with van der Waals surface area (Å²) in [6, 6.07) is 16.2. The highest BCUT2D eigenvalue weighted by atomic mass is 35.5. The van der Waals surface area contributed by atoms with E-state index in [0.717, 1.165) is 49.2 Å². The van der Waals surface area contributed by atoms with Gasteiger partial charge in [0.05, 0.1) is 19.5 Å². The molecule has 2 aromatic carbocycles. The van der Waals surface area contributed by atoms with Crippen LogP contribution in [-0.4, -0.2) is 61.8 Å². The van der Waals surface area contributed by atoms with Crippen molar-refractivity contribution in [2.75, 3.05) is 27.7 Å². The minimum atomic E-state index is -1.05. The summed E-state index contributed by atoms with van der Waals surface area (Å²) >= 11 is 12.3. The maximum absolute atomic E-state index is 12.5. The Morgan fingerprint density at radius 2 is 1.66 bits per heavy atom. The standard InChI is InChI=1S/C30H39Cl2N3O3/c1-5-18-35-20-33-30(38-29(36)37-4,19-21-6-14-25(31)15-7-21)28(35)24-10-8-22(9-11-24)27(34(2)3)23-12-16-26(32)17-13-23/h6-7,12-17,20,22,24,27-28H,5,8-11,18-19H2,1-4H3. The zero-order chi connectivity index (χ0) is 27.3. The lowest BCUT2D eigenvalue weighted by molar-refractivity contribution is -0.0712. The monoisotopic (exact) mass is 559 g/mol. The van der Waals surface area contributed by atoms with Gasteiger partial charge in [0.2, 0.25) is 5.72 Å². The number of halogens is 2. The Morgan fingerprint density at radius 1 is 1.05 bits per heavy atom. The Balaban J connectivity index is 1.59. The summed E-state index contributed by atoms with van der Waals surface area (Å²) < 4.78 is 11.0. The van der Waals surface area contributed by atoms with Gasteiger partial charge in [0.1, 0.15) is 0 Å². The number of rotatable bonds is 9. The van der Waals surface area contributed by atoms with Gasteiger partial charge in [-0.3, -0.25) is 0 Å². The zero-order valence-corrected chi connectivity index (χ0v) is 24.3. The molecule has 1 aliphatic carbocycles. The van der Waals surface area contributed by atoms with Crippen molar-refractivity contribution in [1.82, 2.24) is 9.80 Å². The van der Waals surface area contributed by atoms with Gasteiger partial charge in [0, 0.05) is 29.1 Å². The smallest absolute Gasteiger partial charge is 0.438 e. The first-order valence-corrected chi connectivity index (χ1v) is 14.3. The number of benzene rings is 2. The van der Waals surface area contributed by atoms with Gasteiger partial charge in [-0.25, -0.2) is 9.79 Å². The first-order valence-electron chi connectivity index (χ1n) is 13.5. The van der Waals surface area contributed by atoms with Gasteiger partial charge in [0.25, 0.3) is 0 Å². The highest BCUT2D eigenvalue weighted by Gasteiger charge is 2.53. The van der Waals surface area contributed by atoms with Crippen LogP contribution in [-0.2, 0) is 15.9 Å². The van der Waals surface area contributed by atoms with Crippen molar-refractivity contribution >= 4 is 35.7 Å². The summed E-state index contributed by atoms with van der Waals surface area (Å²) in [6.07, 6.45) is 6.86. The number of carbonyl (C=O) groups is 1. The molecular formula is C30H39Cl2N3O3. The second-order valence-electron chi connectivity index (χ2n) is 10.8. The van der Waals surface area contributed by atoms with Crippen LogP contribution in [0.15, 0.2) is 53.5 Å². The van der Waals surface area contributed by atoms with E-state index in [1.807, 2.05) is 42.7 Å². The predicted octanol–water partition coefficient (Wildman–Crippen LogP) is 7.25. The molecule has 0 radical (unpaired) electrons. The largest absolute Gasteiger partial charge is 0.510 e. The van der Waals surface area contributed by atoms with Crippen LogP contribution >= 0.6 is 23.2 Å². The van der Waals surface area contributed by atoms with Gasteiger partial charge in [0.15, 0.2) is 0 Å². The van der Waals surface area contributed by atoms with E-state index in [1.165, 1.54) is 12.7 Å². The second-order valence-corrected chi connectivity index (χ2v) is 11.6. The van der Waals surface area contributed by atoms with Gasteiger partial charge >= 0.3 is 6.16 Å². The Labute approximate surface area is 236 Å². The molecule has 1 aliphatic heterocycles. The molecule has 0 N–H and O–H groups in total. The summed E-state index contributed by atoms with van der Waals surface area (Å²) in [5.41, 5.74) is 1.26. The number of carbonyl (C=O) groups excluding carboxylic acids is 1. The predicted molar refractivity (Wildman–Crippen MR) is 154 cm³/mol. The van der Waals surface area contributed by atoms with Crippen LogP contribution in [0.25, 0.3) is 0 Å². The van der Waals surface area contributed by atoms with E-state index in [-0.39, 0.29) is 6.04 Å². The summed E-state index contributed by atoms with van der Waals surface area (Å²) in [5, 5.41) is 1.43. The van der Waals surface area contributed by atoms with E-state index >= 15 is 0 Å². The molecule has 6 nitrogen and oxygen atoms in total. The Hall–Kier alpha value is -2.28. The third kappa shape index (κ3) is 6.47. The number of hydrogen-bond acceptors (Lipinski definition) is 6. The minimum Gasteiger partial charge on any atom is -0.438 e. The van der Waals surface area contributed by atoms with E-state index in [4.69, 9.17) is 37.7 Å². The first kappa shape index (κ1) is 28.7. The van der Waals surface area contributed by atoms with Gasteiger partial charge < -0.3 is 19.3 Å². The maximum atomic E-state index is 12.5. The van der Waals surface area contributed by atoms with Crippen LogP contribution in [0, 0.1) is 11.8 Å². The first-order chi connectivity index (χ1) is 18.3. The van der Waals surface area contributed by atoms with Crippen molar-refractivity contribution in [2.45, 2.75) is 63.3 Å². The SMILES string of the molecule is CCCN1C=NC(Cc2ccc(Cl)cc2)(OC(=O)OC)C1C1CCC(C(c2ccc(Cl)cc2)N(C)C)CC1. The summed E-state index contributed by atoms with van der Waals surface area (Å²) in [4.78, 5) is 22.0. The minimum absolute atomic E-state index is 0.0634. The molecule has 3 unspecified atom stereocenters. The highest BCUT2D eigenvalue weighted by Crippen LogP contribution is 2.46. The average molecular weight is 561 g/mol. The molecule has 1 fully saturated rings. The van der Waals surface area contributed by atoms with Crippen LogP contribution in [0.3, 0.4) is 0 Å². The van der Waals surface area contributed by atoms with Crippen LogP contribution in [0.4, 0.5) is 4.79 Å². The maximum Gasteiger partial charge on any atom is 0.510 e. The van der Waals surface area contributed by atoms with Crippen molar-refractivity contribution in [1.29, 1.82) is 0 Å². The quantitative estimate of drug-likeness (QED) is 0.303. The van der Waals surface area contributed by atoms with Gasteiger partial charge in [-0.15, -0.1) is 0 Å². The third-order valence-corrected chi connectivity index (χ3v) is 8.50. The fraction of sp³-hybridized carbons (Fsp3) is 0.533. The normalized spacial score (nSPS) is 26.0.